The molecule has 24 rings (SSSR count). The van der Waals surface area contributed by atoms with Gasteiger partial charge in [-0.25, -0.2) is 32.4 Å². The fraction of sp³-hybridized carbons (Fsp3) is 0.186. The van der Waals surface area contributed by atoms with E-state index >= 15 is 0 Å². The van der Waals surface area contributed by atoms with Crippen LogP contribution in [0.4, 0.5) is 0 Å². The standard InChI is InChI=1S/4C20H19N2O.2C19H17N2O/c1-4-14-8-10-22(3)17(11-14)19-13(2)5-6-16-15-7-9-21-12-18(15)23-20(16)19;1-4-14-8-10-22(3)17(11-14)19-13(2)5-6-15-16-12-21-9-7-18(16)23-20(15)19;1-4-14-9-11-22(3)16(12-14)18-13(2)7-8-15-19-17(23-20(15)18)6-5-10-21-19;1-4-14-9-11-22(3)17(12-14)18-13(2)7-8-15-16-6-5-10-21-20(16)23-19(15)18;1-12-8-9-21(3)16(10-12)18-13(2)20-11-15-14-6-4-5-7-17(14)22-19(15)18;1-12-8-9-21(3)15(10-12)17-13(2)11-20-18-14-6-4-5-7-16(14)22-19(17)18/h4*5-12H,4H2,1-3H3;2*4-11H,1-3H3/q6*+1. The zero-order chi connectivity index (χ0) is 94.4. The van der Waals surface area contributed by atoms with E-state index in [1.807, 2.05) is 105 Å². The van der Waals surface area contributed by atoms with Gasteiger partial charge in [0.1, 0.15) is 86.8 Å². The second-order valence-corrected chi connectivity index (χ2v) is 35.5. The number of nitrogens with zero attached hydrogens (tertiary/aromatic N) is 12. The average molecular weight is 1790 g/mol. The van der Waals surface area contributed by atoms with E-state index in [9.17, 15) is 0 Å². The summed E-state index contributed by atoms with van der Waals surface area (Å²) in [6.45, 7) is 25.6. The fourth-order valence-electron chi connectivity index (χ4n) is 18.7. The summed E-state index contributed by atoms with van der Waals surface area (Å²) in [5.74, 6) is 0. The Morgan fingerprint density at radius 2 is 0.610 bits per heavy atom. The summed E-state index contributed by atoms with van der Waals surface area (Å²) in [7, 11) is 12.4. The van der Waals surface area contributed by atoms with Crippen LogP contribution in [0.25, 0.3) is 200 Å². The smallest absolute Gasteiger partial charge is 0.227 e. The molecule has 0 spiro atoms. The van der Waals surface area contributed by atoms with Crippen LogP contribution in [0.15, 0.2) is 320 Å². The van der Waals surface area contributed by atoms with Crippen LogP contribution in [0.5, 0.6) is 0 Å². The molecule has 0 radical (unpaired) electrons. The first-order chi connectivity index (χ1) is 66.0. The van der Waals surface area contributed by atoms with Crippen LogP contribution < -0.4 is 27.4 Å². The minimum absolute atomic E-state index is 0.698. The number of pyridine rings is 12. The molecule has 0 saturated carbocycles. The normalized spacial score (nSPS) is 11.4. The molecular formula is C118H110N12O6+6. The molecule has 18 heteroatoms. The maximum atomic E-state index is 6.19. The van der Waals surface area contributed by atoms with Crippen molar-refractivity contribution in [3.05, 3.63) is 360 Å². The topological polar surface area (TPSA) is 179 Å². The molecule has 0 amide bonds. The number of hydrogen-bond donors (Lipinski definition) is 0. The lowest BCUT2D eigenvalue weighted by Gasteiger charge is -2.06. The largest absolute Gasteiger partial charge is 0.455 e. The fourth-order valence-corrected chi connectivity index (χ4v) is 18.7. The molecule has 6 aromatic carbocycles. The Bertz CT molecular complexity index is 7920. The molecular weight excluding hydrogens is 1680 g/mol. The Morgan fingerprint density at radius 1 is 0.235 bits per heavy atom. The van der Waals surface area contributed by atoms with Crippen LogP contribution in [0, 0.1) is 55.4 Å². The SMILES string of the molecule is CCc1cc[n+](C)c(-c2c(C)ccc3c2oc2cccnc23)c1.CCc1cc[n+](C)c(-c2c(C)ccc3c2oc2ccncc23)c1.CCc1cc[n+](C)c(-c2c(C)ccc3c2oc2cnccc23)c1.CCc1cc[n+](C)c(-c2c(C)ccc3c2oc2ncccc23)c1.Cc1cc[n+](C)c(-c2c(C)cnc3c2oc2ccccc23)c1.Cc1cc[n+](C)c(-c2c(C)ncc3c2oc2ccccc23)c1. The Morgan fingerprint density at radius 3 is 1.15 bits per heavy atom. The molecule has 18 heterocycles. The summed E-state index contributed by atoms with van der Waals surface area (Å²) in [5, 5.41) is 11.0. The van der Waals surface area contributed by atoms with Crippen LogP contribution >= 0.6 is 0 Å². The van der Waals surface area contributed by atoms with Crippen LogP contribution in [0.2, 0.25) is 0 Å². The summed E-state index contributed by atoms with van der Waals surface area (Å²) < 4.78 is 49.8. The third-order valence-corrected chi connectivity index (χ3v) is 26.4. The van der Waals surface area contributed by atoms with Crippen molar-refractivity contribution in [2.24, 2.45) is 42.3 Å². The van der Waals surface area contributed by atoms with Gasteiger partial charge in [0.15, 0.2) is 70.7 Å². The first kappa shape index (κ1) is 89.2. The van der Waals surface area contributed by atoms with Crippen molar-refractivity contribution in [3.63, 3.8) is 0 Å². The summed E-state index contributed by atoms with van der Waals surface area (Å²) in [4.78, 5) is 26.5. The van der Waals surface area contributed by atoms with Gasteiger partial charge in [-0.3, -0.25) is 24.9 Å². The number of aryl methyl sites for hydroxylation is 18. The van der Waals surface area contributed by atoms with Gasteiger partial charge < -0.3 is 26.5 Å². The number of para-hydroxylation sites is 2. The van der Waals surface area contributed by atoms with E-state index < -0.39 is 0 Å². The third kappa shape index (κ3) is 16.8. The minimum Gasteiger partial charge on any atom is -0.455 e. The molecule has 0 N–H and O–H groups in total. The van der Waals surface area contributed by atoms with Crippen molar-refractivity contribution in [2.75, 3.05) is 0 Å². The summed E-state index contributed by atoms with van der Waals surface area (Å²) in [5.41, 5.74) is 40.9. The summed E-state index contributed by atoms with van der Waals surface area (Å²) in [6, 6.07) is 71.5. The van der Waals surface area contributed by atoms with E-state index in [0.29, 0.717) is 5.71 Å². The summed E-state index contributed by atoms with van der Waals surface area (Å²) >= 11 is 0. The molecule has 0 atom stereocenters. The molecule has 0 saturated heterocycles. The van der Waals surface area contributed by atoms with E-state index in [0.717, 1.165) is 208 Å². The van der Waals surface area contributed by atoms with Gasteiger partial charge in [0.2, 0.25) is 39.9 Å². The monoisotopic (exact) mass is 1790 g/mol. The van der Waals surface area contributed by atoms with Gasteiger partial charge in [0, 0.05) is 170 Å². The van der Waals surface area contributed by atoms with E-state index in [-0.39, 0.29) is 0 Å². The van der Waals surface area contributed by atoms with Gasteiger partial charge in [-0.05, 0) is 203 Å². The van der Waals surface area contributed by atoms with Gasteiger partial charge in [0.05, 0.1) is 39.7 Å². The van der Waals surface area contributed by atoms with Gasteiger partial charge in [-0.1, -0.05) is 100 Å². The molecule has 0 aliphatic carbocycles. The predicted octanol–water partition coefficient (Wildman–Crippen LogP) is 25.6. The van der Waals surface area contributed by atoms with Crippen molar-refractivity contribution < 1.29 is 53.9 Å². The molecule has 0 bridgehead atoms. The number of furan rings is 6. The lowest BCUT2D eigenvalue weighted by molar-refractivity contribution is -0.660. The number of benzene rings is 6. The lowest BCUT2D eigenvalue weighted by atomic mass is 9.99. The predicted molar refractivity (Wildman–Crippen MR) is 544 cm³/mol. The Labute approximate surface area is 789 Å². The molecule has 0 aliphatic heterocycles. The highest BCUT2D eigenvalue weighted by Gasteiger charge is 2.29. The molecule has 0 unspecified atom stereocenters. The van der Waals surface area contributed by atoms with Crippen molar-refractivity contribution in [1.29, 1.82) is 0 Å². The number of rotatable bonds is 10. The molecule has 18 nitrogen and oxygen atoms in total. The quantitative estimate of drug-likeness (QED) is 0.118. The zero-order valence-electron chi connectivity index (χ0n) is 80.4. The van der Waals surface area contributed by atoms with Crippen molar-refractivity contribution in [1.82, 2.24) is 29.9 Å². The first-order valence-electron chi connectivity index (χ1n) is 46.5. The lowest BCUT2D eigenvalue weighted by Crippen LogP contribution is -2.30. The second kappa shape index (κ2) is 37.5. The van der Waals surface area contributed by atoms with Gasteiger partial charge in [-0.15, -0.1) is 0 Å². The number of hydrogen-bond acceptors (Lipinski definition) is 12. The summed E-state index contributed by atoms with van der Waals surface area (Å²) in [6.07, 6.45) is 31.4. The second-order valence-electron chi connectivity index (χ2n) is 35.5. The maximum Gasteiger partial charge on any atom is 0.227 e. The highest BCUT2D eigenvalue weighted by atomic mass is 16.4. The van der Waals surface area contributed by atoms with Crippen LogP contribution in [0.1, 0.15) is 94.6 Å². The molecule has 0 aliphatic rings. The molecule has 136 heavy (non-hydrogen) atoms. The van der Waals surface area contributed by atoms with E-state index in [4.69, 9.17) is 26.5 Å². The van der Waals surface area contributed by atoms with E-state index in [1.54, 1.807) is 18.6 Å². The van der Waals surface area contributed by atoms with Crippen molar-refractivity contribution >= 4 is 132 Å². The first-order valence-corrected chi connectivity index (χ1v) is 46.5. The third-order valence-electron chi connectivity index (χ3n) is 26.4. The molecule has 18 aromatic heterocycles. The Hall–Kier alpha value is -16.1. The van der Waals surface area contributed by atoms with E-state index in [1.165, 1.54) is 78.4 Å². The molecule has 24 aromatic rings. The Balaban J connectivity index is 0.000000105. The number of aromatic nitrogens is 12. The Kier molecular flexibility index (Phi) is 24.6. The highest BCUT2D eigenvalue weighted by molar-refractivity contribution is 6.14. The molecule has 672 valence electrons. The highest BCUT2D eigenvalue weighted by Crippen LogP contribution is 2.44. The van der Waals surface area contributed by atoms with Crippen LogP contribution in [-0.2, 0) is 68.0 Å². The van der Waals surface area contributed by atoms with E-state index in [2.05, 4.69) is 352 Å². The van der Waals surface area contributed by atoms with Gasteiger partial charge in [0.25, 0.3) is 0 Å². The van der Waals surface area contributed by atoms with Crippen molar-refractivity contribution in [3.8, 4) is 67.5 Å². The van der Waals surface area contributed by atoms with Gasteiger partial charge >= 0.3 is 0 Å². The average Bonchev–Trinajstić information content (AvgIpc) is 1.64. The number of fused-ring (bicyclic) bond motifs is 18. The van der Waals surface area contributed by atoms with Crippen LogP contribution in [-0.4, -0.2) is 29.9 Å². The van der Waals surface area contributed by atoms with Crippen LogP contribution in [0.3, 0.4) is 0 Å². The van der Waals surface area contributed by atoms with Crippen molar-refractivity contribution in [2.45, 2.75) is 109 Å². The maximum absolute atomic E-state index is 6.19. The zero-order valence-corrected chi connectivity index (χ0v) is 80.4. The minimum atomic E-state index is 0.698. The van der Waals surface area contributed by atoms with Gasteiger partial charge in [-0.2, -0.15) is 0 Å². The molecule has 0 fully saturated rings.